The Balaban J connectivity index is 1.25. The Bertz CT molecular complexity index is 1060. The molecule has 3 fully saturated rings. The lowest BCUT2D eigenvalue weighted by molar-refractivity contribution is -0.132. The molecular formula is C24H33FN6O3. The summed E-state index contributed by atoms with van der Waals surface area (Å²) in [4.78, 5) is 25.7. The Kier molecular flexibility index (Phi) is 6.33. The highest BCUT2D eigenvalue weighted by Gasteiger charge is 2.36. The molecule has 1 aromatic carbocycles. The molecule has 9 nitrogen and oxygen atoms in total. The number of benzene rings is 1. The predicted octanol–water partition coefficient (Wildman–Crippen LogP) is 2.33. The number of aromatic nitrogens is 2. The number of nitrogens with zero attached hydrogens (tertiary/aromatic N) is 4. The number of ether oxygens (including phenoxy) is 2. The quantitative estimate of drug-likeness (QED) is 0.683. The number of hydrogen-bond acceptors (Lipinski definition) is 8. The fraction of sp³-hybridized carbons (Fsp3) is 0.625. The Morgan fingerprint density at radius 1 is 1.18 bits per heavy atom. The van der Waals surface area contributed by atoms with Gasteiger partial charge in [0.1, 0.15) is 11.3 Å². The number of methoxy groups -OCH3 is 2. The Hall–Kier alpha value is -2.88. The van der Waals surface area contributed by atoms with Gasteiger partial charge in [-0.2, -0.15) is 4.98 Å². The number of amides is 1. The van der Waals surface area contributed by atoms with Crippen LogP contribution < -0.4 is 25.4 Å². The first-order valence-corrected chi connectivity index (χ1v) is 12.1. The van der Waals surface area contributed by atoms with E-state index in [0.717, 1.165) is 12.3 Å². The van der Waals surface area contributed by atoms with E-state index in [1.165, 1.54) is 39.9 Å². The fourth-order valence-electron chi connectivity index (χ4n) is 5.76. The monoisotopic (exact) mass is 472 g/mol. The van der Waals surface area contributed by atoms with E-state index in [1.807, 2.05) is 9.80 Å². The van der Waals surface area contributed by atoms with Crippen LogP contribution in [0, 0.1) is 11.7 Å². The summed E-state index contributed by atoms with van der Waals surface area (Å²) < 4.78 is 25.5. The van der Waals surface area contributed by atoms with Crippen LogP contribution in [0.4, 0.5) is 16.2 Å². The first-order chi connectivity index (χ1) is 16.5. The summed E-state index contributed by atoms with van der Waals surface area (Å²) >= 11 is 0. The van der Waals surface area contributed by atoms with E-state index < -0.39 is 5.82 Å². The van der Waals surface area contributed by atoms with Crippen molar-refractivity contribution >= 4 is 28.6 Å². The third-order valence-corrected chi connectivity index (χ3v) is 7.58. The van der Waals surface area contributed by atoms with Crippen LogP contribution in [0.5, 0.6) is 11.5 Å². The first-order valence-electron chi connectivity index (χ1n) is 12.1. The van der Waals surface area contributed by atoms with Crippen LogP contribution in [0.2, 0.25) is 0 Å². The summed E-state index contributed by atoms with van der Waals surface area (Å²) in [5.41, 5.74) is 6.24. The molecule has 0 unspecified atom stereocenters. The second-order valence-electron chi connectivity index (χ2n) is 9.55. The van der Waals surface area contributed by atoms with Crippen molar-refractivity contribution in [3.63, 3.8) is 0 Å². The van der Waals surface area contributed by atoms with Crippen molar-refractivity contribution in [1.82, 2.24) is 20.2 Å². The molecule has 1 aliphatic carbocycles. The van der Waals surface area contributed by atoms with E-state index in [1.54, 1.807) is 6.07 Å². The lowest BCUT2D eigenvalue weighted by atomic mass is 9.85. The zero-order chi connectivity index (χ0) is 23.8. The van der Waals surface area contributed by atoms with Gasteiger partial charge in [0.05, 0.1) is 14.2 Å². The summed E-state index contributed by atoms with van der Waals surface area (Å²) in [5.74, 6) is 1.03. The summed E-state index contributed by atoms with van der Waals surface area (Å²) in [6.45, 7) is 2.28. The van der Waals surface area contributed by atoms with Crippen molar-refractivity contribution in [3.8, 4) is 11.5 Å². The number of rotatable bonds is 5. The van der Waals surface area contributed by atoms with Crippen LogP contribution >= 0.6 is 0 Å². The molecule has 2 saturated heterocycles. The summed E-state index contributed by atoms with van der Waals surface area (Å²) in [6.07, 6.45) is 6.80. The number of nitrogens with one attached hydrogen (secondary N) is 1. The van der Waals surface area contributed by atoms with Gasteiger partial charge < -0.3 is 30.3 Å². The average molecular weight is 473 g/mol. The van der Waals surface area contributed by atoms with Crippen molar-refractivity contribution < 1.29 is 18.7 Å². The predicted molar refractivity (Wildman–Crippen MR) is 128 cm³/mol. The third-order valence-electron chi connectivity index (χ3n) is 7.58. The molecule has 5 rings (SSSR count). The number of carbonyl (C=O) groups is 1. The van der Waals surface area contributed by atoms with Gasteiger partial charge in [-0.15, -0.1) is 0 Å². The van der Waals surface area contributed by atoms with Gasteiger partial charge in [0.25, 0.3) is 0 Å². The van der Waals surface area contributed by atoms with Gasteiger partial charge >= 0.3 is 0 Å². The molecule has 3 aliphatic rings. The van der Waals surface area contributed by atoms with Gasteiger partial charge in [-0.1, -0.05) is 12.8 Å². The normalized spacial score (nSPS) is 24.9. The molecule has 3 atom stereocenters. The summed E-state index contributed by atoms with van der Waals surface area (Å²) in [5, 5.41) is 4.07. The van der Waals surface area contributed by atoms with Crippen LogP contribution in [0.1, 0.15) is 38.5 Å². The molecular weight excluding hydrogens is 439 g/mol. The maximum atomic E-state index is 15.1. The molecule has 1 amide bonds. The fourth-order valence-corrected chi connectivity index (χ4v) is 5.76. The van der Waals surface area contributed by atoms with Crippen molar-refractivity contribution in [2.45, 2.75) is 50.6 Å². The number of carbonyl (C=O) groups excluding carboxylic acids is 1. The third kappa shape index (κ3) is 4.19. The molecule has 2 aromatic rings. The van der Waals surface area contributed by atoms with Crippen molar-refractivity contribution in [2.75, 3.05) is 51.0 Å². The number of hydrogen-bond donors (Lipinski definition) is 2. The maximum absolute atomic E-state index is 15.1. The van der Waals surface area contributed by atoms with Gasteiger partial charge in [-0.25, -0.2) is 9.37 Å². The highest BCUT2D eigenvalue weighted by atomic mass is 19.1. The largest absolute Gasteiger partial charge is 0.493 e. The number of nitrogens with two attached hydrogens (primary N) is 1. The van der Waals surface area contributed by atoms with Crippen LogP contribution in [0.15, 0.2) is 6.07 Å². The number of anilines is 2. The lowest BCUT2D eigenvalue weighted by Crippen LogP contribution is -2.50. The number of piperazine rings is 1. The minimum atomic E-state index is -0.634. The average Bonchev–Trinajstić information content (AvgIpc) is 3.26. The molecule has 1 saturated carbocycles. The second-order valence-corrected chi connectivity index (χ2v) is 9.55. The van der Waals surface area contributed by atoms with Gasteiger partial charge in [-0.05, 0) is 31.2 Å². The standard InChI is InChI=1S/C24H33FN6O3/c1-33-18-13-16-21(20(25)22(18)34-2)28-24(29-23(16)26)31-9-7-30(8-10-31)19(32)12-15-11-14-5-3-4-6-17(14)27-15/h13-15,17,27H,3-12H2,1-2H3,(H2,26,28,29)/t14-,15-,17-/m0/s1. The van der Waals surface area contributed by atoms with Crippen LogP contribution in [-0.4, -0.2) is 73.3 Å². The first kappa shape index (κ1) is 22.9. The molecule has 10 heteroatoms. The SMILES string of the molecule is COc1cc2c(N)nc(N3CCN(C(=O)C[C@@H]4C[C@@H]5CCCC[C@@H]5N4)CC3)nc2c(F)c1OC. The second kappa shape index (κ2) is 9.40. The molecule has 0 bridgehead atoms. The van der Waals surface area contributed by atoms with Crippen LogP contribution in [0.3, 0.4) is 0 Å². The van der Waals surface area contributed by atoms with E-state index in [4.69, 9.17) is 15.2 Å². The molecule has 0 radical (unpaired) electrons. The van der Waals surface area contributed by atoms with Crippen LogP contribution in [0.25, 0.3) is 10.9 Å². The van der Waals surface area contributed by atoms with E-state index in [0.29, 0.717) is 50.0 Å². The number of fused-ring (bicyclic) bond motifs is 2. The minimum absolute atomic E-state index is 0.0187. The van der Waals surface area contributed by atoms with Crippen molar-refractivity contribution in [2.24, 2.45) is 5.92 Å². The van der Waals surface area contributed by atoms with Crippen molar-refractivity contribution in [1.29, 1.82) is 0 Å². The van der Waals surface area contributed by atoms with Crippen molar-refractivity contribution in [3.05, 3.63) is 11.9 Å². The highest BCUT2D eigenvalue weighted by Crippen LogP contribution is 2.38. The lowest BCUT2D eigenvalue weighted by Gasteiger charge is -2.35. The molecule has 184 valence electrons. The van der Waals surface area contributed by atoms with E-state index in [2.05, 4.69) is 15.3 Å². The number of nitrogen functional groups attached to an aromatic ring is 1. The van der Waals surface area contributed by atoms with Gasteiger partial charge in [0.15, 0.2) is 17.3 Å². The molecule has 3 heterocycles. The summed E-state index contributed by atoms with van der Waals surface area (Å²) in [6, 6.07) is 2.47. The Morgan fingerprint density at radius 2 is 1.94 bits per heavy atom. The van der Waals surface area contributed by atoms with Gasteiger partial charge in [-0.3, -0.25) is 4.79 Å². The zero-order valence-electron chi connectivity index (χ0n) is 19.8. The van der Waals surface area contributed by atoms with Crippen LogP contribution in [-0.2, 0) is 4.79 Å². The zero-order valence-corrected chi connectivity index (χ0v) is 19.8. The molecule has 2 aliphatic heterocycles. The minimum Gasteiger partial charge on any atom is -0.493 e. The Morgan fingerprint density at radius 3 is 2.65 bits per heavy atom. The highest BCUT2D eigenvalue weighted by molar-refractivity contribution is 5.92. The molecule has 3 N–H and O–H groups in total. The smallest absolute Gasteiger partial charge is 0.228 e. The summed E-state index contributed by atoms with van der Waals surface area (Å²) in [7, 11) is 2.81. The molecule has 34 heavy (non-hydrogen) atoms. The molecule has 1 aromatic heterocycles. The van der Waals surface area contributed by atoms with E-state index in [9.17, 15) is 4.79 Å². The van der Waals surface area contributed by atoms with Gasteiger partial charge in [0, 0.05) is 50.1 Å². The molecule has 0 spiro atoms. The maximum Gasteiger partial charge on any atom is 0.228 e. The van der Waals surface area contributed by atoms with E-state index >= 15 is 4.39 Å². The Labute approximate surface area is 198 Å². The van der Waals surface area contributed by atoms with Gasteiger partial charge in [0.2, 0.25) is 11.9 Å². The topological polar surface area (TPSA) is 106 Å². The number of halogens is 1. The van der Waals surface area contributed by atoms with E-state index in [-0.39, 0.29) is 34.8 Å².